The second kappa shape index (κ2) is 10.9. The van der Waals surface area contributed by atoms with Crippen LogP contribution in [0.4, 0.5) is 0 Å². The Morgan fingerprint density at radius 2 is 1.43 bits per heavy atom. The van der Waals surface area contributed by atoms with Crippen LogP contribution in [0.2, 0.25) is 0 Å². The molecule has 4 aromatic carbocycles. The van der Waals surface area contributed by atoms with Gasteiger partial charge in [0.05, 0.1) is 5.56 Å². The van der Waals surface area contributed by atoms with Crippen LogP contribution in [0.3, 0.4) is 0 Å². The molecule has 4 aromatic rings. The van der Waals surface area contributed by atoms with Crippen molar-refractivity contribution in [3.63, 3.8) is 0 Å². The van der Waals surface area contributed by atoms with Gasteiger partial charge in [-0.15, -0.1) is 0 Å². The van der Waals surface area contributed by atoms with Crippen molar-refractivity contribution in [1.29, 1.82) is 0 Å². The van der Waals surface area contributed by atoms with Crippen molar-refractivity contribution in [2.75, 3.05) is 0 Å². The van der Waals surface area contributed by atoms with E-state index in [1.807, 2.05) is 91.9 Å². The zero-order valence-electron chi connectivity index (χ0n) is 20.4. The van der Waals surface area contributed by atoms with E-state index in [4.69, 9.17) is 14.2 Å². The summed E-state index contributed by atoms with van der Waals surface area (Å²) in [6, 6.07) is 30.4. The third-order valence-electron chi connectivity index (χ3n) is 6.08. The van der Waals surface area contributed by atoms with E-state index >= 15 is 0 Å². The quantitative estimate of drug-likeness (QED) is 0.279. The molecule has 0 saturated carbocycles. The maximum Gasteiger partial charge on any atom is 0.335 e. The Morgan fingerprint density at radius 3 is 2.03 bits per heavy atom. The van der Waals surface area contributed by atoms with Crippen molar-refractivity contribution >= 4 is 17.3 Å². The molecule has 1 N–H and O–H groups in total. The minimum atomic E-state index is -0.971. The van der Waals surface area contributed by atoms with Gasteiger partial charge in [-0.25, -0.2) is 4.79 Å². The fourth-order valence-corrected chi connectivity index (χ4v) is 4.11. The van der Waals surface area contributed by atoms with Crippen LogP contribution in [-0.2, 0) is 13.2 Å². The lowest BCUT2D eigenvalue weighted by molar-refractivity contribution is 0.0697. The highest BCUT2D eigenvalue weighted by atomic mass is 16.5. The molecule has 184 valence electrons. The van der Waals surface area contributed by atoms with Gasteiger partial charge in [0.15, 0.2) is 11.5 Å². The number of hydrogen-bond acceptors (Lipinski definition) is 4. The van der Waals surface area contributed by atoms with Gasteiger partial charge < -0.3 is 19.3 Å². The molecule has 1 heterocycles. The number of ether oxygens (including phenoxy) is 3. The first-order chi connectivity index (χ1) is 18.1. The molecule has 0 radical (unpaired) electrons. The number of benzene rings is 4. The Kier molecular flexibility index (Phi) is 7.04. The van der Waals surface area contributed by atoms with Crippen LogP contribution < -0.4 is 14.2 Å². The van der Waals surface area contributed by atoms with Crippen molar-refractivity contribution in [2.45, 2.75) is 20.1 Å². The van der Waals surface area contributed by atoms with Gasteiger partial charge in [0.2, 0.25) is 5.75 Å². The molecule has 0 bridgehead atoms. The Hall–Kier alpha value is -4.77. The molecule has 0 fully saturated rings. The fourth-order valence-electron chi connectivity index (χ4n) is 4.11. The van der Waals surface area contributed by atoms with E-state index in [-0.39, 0.29) is 5.56 Å². The lowest BCUT2D eigenvalue weighted by atomic mass is 9.98. The average molecular weight is 491 g/mol. The minimum absolute atomic E-state index is 0.218. The molecular formula is C32H26O5. The summed E-state index contributed by atoms with van der Waals surface area (Å²) >= 11 is 0. The standard InChI is InChI=1S/C32H26O5/c1-2-24-19-29(25-13-15-26(16-14-25)32(33)34)37-30-27(24)17-18-28(35-20-22-9-5-3-6-10-22)31(30)36-21-23-11-7-4-8-12-23/h2-19H,20-21H2,1H3,(H,33,34)/b24-2+. The van der Waals surface area contributed by atoms with Crippen molar-refractivity contribution in [1.82, 2.24) is 0 Å². The lowest BCUT2D eigenvalue weighted by Crippen LogP contribution is -2.08. The summed E-state index contributed by atoms with van der Waals surface area (Å²) in [5.74, 6) is 1.29. The Balaban J connectivity index is 1.52. The van der Waals surface area contributed by atoms with Crippen molar-refractivity contribution in [2.24, 2.45) is 0 Å². The van der Waals surface area contributed by atoms with Gasteiger partial charge in [0.25, 0.3) is 0 Å². The first kappa shape index (κ1) is 23.9. The first-order valence-electron chi connectivity index (χ1n) is 12.0. The first-order valence-corrected chi connectivity index (χ1v) is 12.0. The van der Waals surface area contributed by atoms with Crippen molar-refractivity contribution in [3.05, 3.63) is 137 Å². The van der Waals surface area contributed by atoms with E-state index in [1.165, 1.54) is 0 Å². The summed E-state index contributed by atoms with van der Waals surface area (Å²) in [5, 5.41) is 9.26. The highest BCUT2D eigenvalue weighted by Gasteiger charge is 2.25. The van der Waals surface area contributed by atoms with E-state index in [1.54, 1.807) is 24.3 Å². The van der Waals surface area contributed by atoms with E-state index in [0.717, 1.165) is 27.8 Å². The maximum absolute atomic E-state index is 11.3. The Morgan fingerprint density at radius 1 is 0.811 bits per heavy atom. The highest BCUT2D eigenvalue weighted by molar-refractivity contribution is 5.91. The van der Waals surface area contributed by atoms with Crippen LogP contribution in [0.5, 0.6) is 17.2 Å². The van der Waals surface area contributed by atoms with Gasteiger partial charge in [-0.05, 0) is 54.0 Å². The number of hydrogen-bond donors (Lipinski definition) is 1. The van der Waals surface area contributed by atoms with Crippen LogP contribution in [0, 0.1) is 0 Å². The van der Waals surface area contributed by atoms with Crippen LogP contribution in [0.25, 0.3) is 11.3 Å². The molecule has 0 aromatic heterocycles. The summed E-state index contributed by atoms with van der Waals surface area (Å²) in [6.07, 6.45) is 3.96. The Bertz CT molecular complexity index is 1450. The third-order valence-corrected chi connectivity index (χ3v) is 6.08. The Labute approximate surface area is 215 Å². The van der Waals surface area contributed by atoms with Gasteiger partial charge in [-0.1, -0.05) is 78.9 Å². The highest BCUT2D eigenvalue weighted by Crippen LogP contribution is 2.48. The van der Waals surface area contributed by atoms with Crippen LogP contribution in [0.15, 0.2) is 109 Å². The molecule has 1 aliphatic heterocycles. The predicted octanol–water partition coefficient (Wildman–Crippen LogP) is 7.38. The zero-order chi connectivity index (χ0) is 25.6. The summed E-state index contributed by atoms with van der Waals surface area (Å²) < 4.78 is 19.0. The molecule has 5 rings (SSSR count). The monoisotopic (exact) mass is 490 g/mol. The molecule has 5 nitrogen and oxygen atoms in total. The second-order valence-corrected chi connectivity index (χ2v) is 8.56. The number of fused-ring (bicyclic) bond motifs is 1. The number of carboxylic acids is 1. The van der Waals surface area contributed by atoms with Crippen LogP contribution in [-0.4, -0.2) is 11.1 Å². The normalized spacial score (nSPS) is 13.3. The molecule has 0 amide bonds. The number of aromatic carboxylic acids is 1. The van der Waals surface area contributed by atoms with Crippen LogP contribution in [0.1, 0.15) is 39.5 Å². The van der Waals surface area contributed by atoms with E-state index in [0.29, 0.717) is 36.2 Å². The third kappa shape index (κ3) is 5.41. The number of allylic oxidation sites excluding steroid dienone is 3. The topological polar surface area (TPSA) is 65.0 Å². The fraction of sp³-hybridized carbons (Fsp3) is 0.0938. The molecule has 0 spiro atoms. The molecule has 5 heteroatoms. The summed E-state index contributed by atoms with van der Waals surface area (Å²) in [5.41, 5.74) is 4.91. The smallest absolute Gasteiger partial charge is 0.335 e. The van der Waals surface area contributed by atoms with Gasteiger partial charge in [0, 0.05) is 11.1 Å². The van der Waals surface area contributed by atoms with E-state index < -0.39 is 5.97 Å². The maximum atomic E-state index is 11.3. The van der Waals surface area contributed by atoms with Crippen LogP contribution >= 0.6 is 0 Å². The SMILES string of the molecule is C/C=C1\C=C(c2ccc(C(=O)O)cc2)Oc2c1ccc(OCc1ccccc1)c2OCc1ccccc1. The van der Waals surface area contributed by atoms with Crippen molar-refractivity contribution < 1.29 is 24.1 Å². The van der Waals surface area contributed by atoms with Gasteiger partial charge in [-0.3, -0.25) is 0 Å². The molecule has 37 heavy (non-hydrogen) atoms. The van der Waals surface area contributed by atoms with Gasteiger partial charge in [-0.2, -0.15) is 0 Å². The lowest BCUT2D eigenvalue weighted by Gasteiger charge is -2.25. The molecule has 0 aliphatic carbocycles. The van der Waals surface area contributed by atoms with E-state index in [9.17, 15) is 9.90 Å². The predicted molar refractivity (Wildman–Crippen MR) is 144 cm³/mol. The molecule has 0 saturated heterocycles. The average Bonchev–Trinajstić information content (AvgIpc) is 2.95. The van der Waals surface area contributed by atoms with E-state index in [2.05, 4.69) is 0 Å². The minimum Gasteiger partial charge on any atom is -0.485 e. The number of rotatable bonds is 8. The number of carboxylic acid groups (broad SMARTS) is 1. The van der Waals surface area contributed by atoms with Crippen molar-refractivity contribution in [3.8, 4) is 17.2 Å². The summed E-state index contributed by atoms with van der Waals surface area (Å²) in [6.45, 7) is 2.70. The zero-order valence-corrected chi connectivity index (χ0v) is 20.4. The van der Waals surface area contributed by atoms with Gasteiger partial charge >= 0.3 is 5.97 Å². The summed E-state index contributed by atoms with van der Waals surface area (Å²) in [7, 11) is 0. The number of carbonyl (C=O) groups is 1. The van der Waals surface area contributed by atoms with Gasteiger partial charge in [0.1, 0.15) is 19.0 Å². The molecule has 0 atom stereocenters. The summed E-state index contributed by atoms with van der Waals surface area (Å²) in [4.78, 5) is 11.3. The largest absolute Gasteiger partial charge is 0.485 e. The second-order valence-electron chi connectivity index (χ2n) is 8.56. The molecule has 1 aliphatic rings. The molecular weight excluding hydrogens is 464 g/mol. The molecule has 0 unspecified atom stereocenters.